The summed E-state index contributed by atoms with van der Waals surface area (Å²) in [5.74, 6) is 1.09. The quantitative estimate of drug-likeness (QED) is 0.828. The first-order valence-electron chi connectivity index (χ1n) is 6.19. The second-order valence-electron chi connectivity index (χ2n) is 4.52. The maximum Gasteiger partial charge on any atom is 0.322 e. The third-order valence-electron chi connectivity index (χ3n) is 3.48. The number of rotatable bonds is 3. The first-order chi connectivity index (χ1) is 8.74. The van der Waals surface area contributed by atoms with Crippen molar-refractivity contribution in [1.29, 1.82) is 0 Å². The summed E-state index contributed by atoms with van der Waals surface area (Å²) in [4.78, 5) is 11.5. The Morgan fingerprint density at radius 1 is 1.28 bits per heavy atom. The van der Waals surface area contributed by atoms with Crippen LogP contribution in [-0.2, 0) is 9.53 Å². The predicted molar refractivity (Wildman–Crippen MR) is 68.8 cm³/mol. The van der Waals surface area contributed by atoms with Gasteiger partial charge in [0.1, 0.15) is 11.8 Å². The van der Waals surface area contributed by atoms with Crippen molar-refractivity contribution in [3.63, 3.8) is 0 Å². The van der Waals surface area contributed by atoms with Gasteiger partial charge in [0.2, 0.25) is 0 Å². The second-order valence-corrected chi connectivity index (χ2v) is 4.52. The normalized spacial score (nSPS) is 23.4. The SMILES string of the molecule is COC(=O)[C@@H]1C[C@@H](c2ccc(OC)cc2)CCN1. The van der Waals surface area contributed by atoms with Gasteiger partial charge >= 0.3 is 5.97 Å². The lowest BCUT2D eigenvalue weighted by molar-refractivity contribution is -0.143. The van der Waals surface area contributed by atoms with Crippen LogP contribution in [0.25, 0.3) is 0 Å². The highest BCUT2D eigenvalue weighted by molar-refractivity contribution is 5.75. The van der Waals surface area contributed by atoms with E-state index < -0.39 is 0 Å². The molecule has 0 aliphatic carbocycles. The van der Waals surface area contributed by atoms with Crippen LogP contribution >= 0.6 is 0 Å². The minimum Gasteiger partial charge on any atom is -0.497 e. The van der Waals surface area contributed by atoms with Crippen molar-refractivity contribution < 1.29 is 14.3 Å². The van der Waals surface area contributed by atoms with Crippen molar-refractivity contribution in [1.82, 2.24) is 5.32 Å². The van der Waals surface area contributed by atoms with Crippen molar-refractivity contribution in [2.24, 2.45) is 0 Å². The lowest BCUT2D eigenvalue weighted by Gasteiger charge is -2.29. The molecule has 1 saturated heterocycles. The van der Waals surface area contributed by atoms with Gasteiger partial charge in [0.25, 0.3) is 0 Å². The number of piperidine rings is 1. The fourth-order valence-electron chi connectivity index (χ4n) is 2.42. The smallest absolute Gasteiger partial charge is 0.322 e. The van der Waals surface area contributed by atoms with Crippen molar-refractivity contribution in [3.8, 4) is 5.75 Å². The van der Waals surface area contributed by atoms with Crippen molar-refractivity contribution in [3.05, 3.63) is 29.8 Å². The molecule has 0 spiro atoms. The summed E-state index contributed by atoms with van der Waals surface area (Å²) in [7, 11) is 3.09. The Labute approximate surface area is 107 Å². The van der Waals surface area contributed by atoms with Gasteiger partial charge in [-0.25, -0.2) is 0 Å². The molecule has 2 atom stereocenters. The van der Waals surface area contributed by atoms with E-state index in [0.717, 1.165) is 25.1 Å². The largest absolute Gasteiger partial charge is 0.497 e. The predicted octanol–water partition coefficient (Wildman–Crippen LogP) is 1.70. The number of carbonyl (C=O) groups excluding carboxylic acids is 1. The zero-order valence-electron chi connectivity index (χ0n) is 10.8. The Morgan fingerprint density at radius 3 is 2.61 bits per heavy atom. The summed E-state index contributed by atoms with van der Waals surface area (Å²) < 4.78 is 9.94. The van der Waals surface area contributed by atoms with Gasteiger partial charge in [0, 0.05) is 0 Å². The molecule has 0 aromatic heterocycles. The fourth-order valence-corrected chi connectivity index (χ4v) is 2.42. The fraction of sp³-hybridized carbons (Fsp3) is 0.500. The molecule has 2 rings (SSSR count). The summed E-state index contributed by atoms with van der Waals surface area (Å²) in [5.41, 5.74) is 1.26. The van der Waals surface area contributed by atoms with Gasteiger partial charge in [-0.2, -0.15) is 0 Å². The molecule has 4 heteroatoms. The van der Waals surface area contributed by atoms with E-state index in [1.54, 1.807) is 7.11 Å². The number of nitrogens with one attached hydrogen (secondary N) is 1. The zero-order chi connectivity index (χ0) is 13.0. The minimum absolute atomic E-state index is 0.173. The summed E-state index contributed by atoms with van der Waals surface area (Å²) in [6.07, 6.45) is 1.83. The molecule has 1 N–H and O–H groups in total. The Balaban J connectivity index is 2.05. The molecule has 0 radical (unpaired) electrons. The summed E-state index contributed by atoms with van der Waals surface area (Å²) in [6.45, 7) is 0.844. The highest BCUT2D eigenvalue weighted by Crippen LogP contribution is 2.29. The summed E-state index contributed by atoms with van der Waals surface area (Å²) in [5, 5.41) is 3.19. The maximum absolute atomic E-state index is 11.5. The maximum atomic E-state index is 11.5. The van der Waals surface area contributed by atoms with Crippen LogP contribution in [-0.4, -0.2) is 32.8 Å². The molecule has 4 nitrogen and oxygen atoms in total. The van der Waals surface area contributed by atoms with Crippen LogP contribution in [0.1, 0.15) is 24.3 Å². The third kappa shape index (κ3) is 2.82. The average molecular weight is 249 g/mol. The van der Waals surface area contributed by atoms with Crippen LogP contribution < -0.4 is 10.1 Å². The van der Waals surface area contributed by atoms with E-state index in [9.17, 15) is 4.79 Å². The number of methoxy groups -OCH3 is 2. The van der Waals surface area contributed by atoms with Gasteiger partial charge in [-0.3, -0.25) is 4.79 Å². The molecule has 0 saturated carbocycles. The van der Waals surface area contributed by atoms with Crippen LogP contribution in [0.4, 0.5) is 0 Å². The number of benzene rings is 1. The van der Waals surface area contributed by atoms with Crippen LogP contribution in [0.2, 0.25) is 0 Å². The lowest BCUT2D eigenvalue weighted by Crippen LogP contribution is -2.43. The van der Waals surface area contributed by atoms with E-state index in [2.05, 4.69) is 17.4 Å². The average Bonchev–Trinajstić information content (AvgIpc) is 2.46. The molecule has 18 heavy (non-hydrogen) atoms. The van der Waals surface area contributed by atoms with Crippen molar-refractivity contribution in [2.45, 2.75) is 24.8 Å². The molecule has 1 aliphatic heterocycles. The van der Waals surface area contributed by atoms with Gasteiger partial charge in [0.05, 0.1) is 14.2 Å². The number of hydrogen-bond donors (Lipinski definition) is 1. The molecule has 1 heterocycles. The van der Waals surface area contributed by atoms with E-state index in [-0.39, 0.29) is 12.0 Å². The Hall–Kier alpha value is -1.55. The van der Waals surface area contributed by atoms with Crippen LogP contribution in [0.3, 0.4) is 0 Å². The van der Waals surface area contributed by atoms with Gasteiger partial charge < -0.3 is 14.8 Å². The number of ether oxygens (including phenoxy) is 2. The zero-order valence-corrected chi connectivity index (χ0v) is 10.8. The Bertz CT molecular complexity index is 402. The molecule has 1 aromatic carbocycles. The summed E-state index contributed by atoms with van der Waals surface area (Å²) >= 11 is 0. The van der Waals surface area contributed by atoms with Crippen LogP contribution in [0.5, 0.6) is 5.75 Å². The monoisotopic (exact) mass is 249 g/mol. The van der Waals surface area contributed by atoms with Gasteiger partial charge in [0.15, 0.2) is 0 Å². The van der Waals surface area contributed by atoms with E-state index >= 15 is 0 Å². The van der Waals surface area contributed by atoms with E-state index in [1.165, 1.54) is 12.7 Å². The van der Waals surface area contributed by atoms with Crippen molar-refractivity contribution in [2.75, 3.05) is 20.8 Å². The topological polar surface area (TPSA) is 47.6 Å². The Morgan fingerprint density at radius 2 is 2.00 bits per heavy atom. The Kier molecular flexibility index (Phi) is 4.20. The summed E-state index contributed by atoms with van der Waals surface area (Å²) in [6, 6.07) is 7.89. The number of esters is 1. The molecule has 0 unspecified atom stereocenters. The number of carbonyl (C=O) groups is 1. The highest BCUT2D eigenvalue weighted by atomic mass is 16.5. The van der Waals surface area contributed by atoms with E-state index in [4.69, 9.17) is 9.47 Å². The van der Waals surface area contributed by atoms with Crippen LogP contribution in [0, 0.1) is 0 Å². The first kappa shape index (κ1) is 12.9. The standard InChI is InChI=1S/C14H19NO3/c1-17-12-5-3-10(4-6-12)11-7-8-15-13(9-11)14(16)18-2/h3-6,11,13,15H,7-9H2,1-2H3/t11-,13-/m0/s1. The molecule has 0 bridgehead atoms. The number of hydrogen-bond acceptors (Lipinski definition) is 4. The second kappa shape index (κ2) is 5.87. The minimum atomic E-state index is -0.184. The highest BCUT2D eigenvalue weighted by Gasteiger charge is 2.28. The van der Waals surface area contributed by atoms with Gasteiger partial charge in [-0.15, -0.1) is 0 Å². The van der Waals surface area contributed by atoms with E-state index in [0.29, 0.717) is 5.92 Å². The van der Waals surface area contributed by atoms with Crippen molar-refractivity contribution >= 4 is 5.97 Å². The molecule has 98 valence electrons. The molecule has 1 fully saturated rings. The molecule has 1 aliphatic rings. The molecular formula is C14H19NO3. The van der Waals surface area contributed by atoms with Crippen LogP contribution in [0.15, 0.2) is 24.3 Å². The molecular weight excluding hydrogens is 230 g/mol. The molecule has 1 aromatic rings. The van der Waals surface area contributed by atoms with Gasteiger partial charge in [-0.1, -0.05) is 12.1 Å². The lowest BCUT2D eigenvalue weighted by atomic mass is 9.86. The molecule has 0 amide bonds. The first-order valence-corrected chi connectivity index (χ1v) is 6.19. The van der Waals surface area contributed by atoms with E-state index in [1.807, 2.05) is 12.1 Å². The van der Waals surface area contributed by atoms with Gasteiger partial charge in [-0.05, 0) is 43.0 Å². The third-order valence-corrected chi connectivity index (χ3v) is 3.48.